The molecule has 0 aliphatic carbocycles. The van der Waals surface area contributed by atoms with E-state index in [1.165, 1.54) is 12.0 Å². The molecule has 0 radical (unpaired) electrons. The normalized spacial score (nSPS) is 18.3. The zero-order chi connectivity index (χ0) is 24.9. The second kappa shape index (κ2) is 10.3. The van der Waals surface area contributed by atoms with E-state index < -0.39 is 35.7 Å². The summed E-state index contributed by atoms with van der Waals surface area (Å²) >= 11 is 0. The van der Waals surface area contributed by atoms with Crippen LogP contribution in [0.2, 0.25) is 0 Å². The number of nitrogens with zero attached hydrogens (tertiary/aromatic N) is 2. The first-order valence-electron chi connectivity index (χ1n) is 11.2. The van der Waals surface area contributed by atoms with E-state index in [-0.39, 0.29) is 6.61 Å². The van der Waals surface area contributed by atoms with Crippen LogP contribution < -0.4 is 9.64 Å². The van der Waals surface area contributed by atoms with Crippen LogP contribution in [0.1, 0.15) is 40.5 Å². The first-order valence-corrected chi connectivity index (χ1v) is 11.2. The van der Waals surface area contributed by atoms with E-state index >= 15 is 0 Å². The standard InChI is InChI=1S/C27H24N2O6/c1-3-35-27(32)19-9-13-20(14-10-19)29-24(18-7-5-4-6-8-18)22(25(30)26(29)31)23(28-33)17-11-15-21(34-2)16-12-17/h4-16,22-24H,3H2,1-2H3. The molecular formula is C27H24N2O6. The first kappa shape index (κ1) is 23.8. The monoisotopic (exact) mass is 472 g/mol. The van der Waals surface area contributed by atoms with Crippen molar-refractivity contribution < 1.29 is 23.9 Å². The number of hydrogen-bond acceptors (Lipinski definition) is 7. The molecule has 3 unspecified atom stereocenters. The quantitative estimate of drug-likeness (QED) is 0.269. The molecule has 8 nitrogen and oxygen atoms in total. The van der Waals surface area contributed by atoms with Gasteiger partial charge in [-0.15, -0.1) is 0 Å². The number of methoxy groups -OCH3 is 1. The predicted octanol–water partition coefficient (Wildman–Crippen LogP) is 4.65. The maximum Gasteiger partial charge on any atom is 0.338 e. The second-order valence-corrected chi connectivity index (χ2v) is 8.01. The van der Waals surface area contributed by atoms with Gasteiger partial charge in [-0.2, -0.15) is 4.91 Å². The third-order valence-corrected chi connectivity index (χ3v) is 6.06. The van der Waals surface area contributed by atoms with E-state index in [1.54, 1.807) is 79.7 Å². The average molecular weight is 472 g/mol. The summed E-state index contributed by atoms with van der Waals surface area (Å²) in [4.78, 5) is 52.1. The van der Waals surface area contributed by atoms with Crippen molar-refractivity contribution in [3.05, 3.63) is 100 Å². The van der Waals surface area contributed by atoms with Gasteiger partial charge >= 0.3 is 5.97 Å². The van der Waals surface area contributed by atoms with Crippen molar-refractivity contribution in [1.82, 2.24) is 0 Å². The van der Waals surface area contributed by atoms with Crippen molar-refractivity contribution in [1.29, 1.82) is 0 Å². The molecule has 8 heteroatoms. The Morgan fingerprint density at radius 3 is 2.20 bits per heavy atom. The van der Waals surface area contributed by atoms with E-state index in [0.29, 0.717) is 28.1 Å². The van der Waals surface area contributed by atoms with E-state index in [2.05, 4.69) is 5.18 Å². The summed E-state index contributed by atoms with van der Waals surface area (Å²) in [5.41, 5.74) is 1.94. The van der Waals surface area contributed by atoms with Crippen LogP contribution >= 0.6 is 0 Å². The zero-order valence-corrected chi connectivity index (χ0v) is 19.3. The van der Waals surface area contributed by atoms with E-state index in [0.717, 1.165) is 0 Å². The lowest BCUT2D eigenvalue weighted by atomic mass is 9.83. The highest BCUT2D eigenvalue weighted by atomic mass is 16.5. The molecule has 1 amide bonds. The summed E-state index contributed by atoms with van der Waals surface area (Å²) in [5, 5.41) is 3.29. The van der Waals surface area contributed by atoms with Gasteiger partial charge < -0.3 is 9.47 Å². The number of esters is 1. The van der Waals surface area contributed by atoms with Gasteiger partial charge in [0.25, 0.3) is 5.91 Å². The molecule has 0 aromatic heterocycles. The fraction of sp³-hybridized carbons (Fsp3) is 0.222. The van der Waals surface area contributed by atoms with Crippen molar-refractivity contribution in [2.24, 2.45) is 11.1 Å². The lowest BCUT2D eigenvalue weighted by Gasteiger charge is -2.29. The maximum absolute atomic E-state index is 13.3. The highest BCUT2D eigenvalue weighted by molar-refractivity contribution is 6.45. The van der Waals surface area contributed by atoms with Gasteiger partial charge in [-0.05, 0) is 54.4 Å². The third kappa shape index (κ3) is 4.55. The van der Waals surface area contributed by atoms with Crippen LogP contribution in [0.25, 0.3) is 0 Å². The van der Waals surface area contributed by atoms with Crippen LogP contribution in [-0.2, 0) is 14.3 Å². The number of amides is 1. The summed E-state index contributed by atoms with van der Waals surface area (Å²) in [6.45, 7) is 1.95. The third-order valence-electron chi connectivity index (χ3n) is 6.06. The summed E-state index contributed by atoms with van der Waals surface area (Å²) in [5.74, 6) is -2.37. The van der Waals surface area contributed by atoms with Crippen LogP contribution in [0.15, 0.2) is 84.0 Å². The van der Waals surface area contributed by atoms with E-state index in [4.69, 9.17) is 9.47 Å². The van der Waals surface area contributed by atoms with Crippen molar-refractivity contribution in [3.63, 3.8) is 0 Å². The number of carbonyl (C=O) groups excluding carboxylic acids is 3. The van der Waals surface area contributed by atoms with E-state index in [1.807, 2.05) is 6.07 Å². The molecule has 4 rings (SSSR count). The Hall–Kier alpha value is -4.33. The molecule has 178 valence electrons. The van der Waals surface area contributed by atoms with Crippen LogP contribution in [0.3, 0.4) is 0 Å². The average Bonchev–Trinajstić information content (AvgIpc) is 3.16. The fourth-order valence-electron chi connectivity index (χ4n) is 4.40. The molecular weight excluding hydrogens is 448 g/mol. The number of nitroso groups, excluding NO2 is 1. The molecule has 1 aliphatic rings. The molecule has 35 heavy (non-hydrogen) atoms. The first-order chi connectivity index (χ1) is 17.0. The summed E-state index contributed by atoms with van der Waals surface area (Å²) in [7, 11) is 1.53. The minimum absolute atomic E-state index is 0.239. The lowest BCUT2D eigenvalue weighted by Crippen LogP contribution is -2.30. The summed E-state index contributed by atoms with van der Waals surface area (Å²) in [6.07, 6.45) is 0. The molecule has 1 saturated heterocycles. The highest BCUT2D eigenvalue weighted by Crippen LogP contribution is 2.46. The number of ketones is 1. The SMILES string of the molecule is CCOC(=O)c1ccc(N2C(=O)C(=O)C(C(N=O)c3ccc(OC)cc3)C2c2ccccc2)cc1. The van der Waals surface area contributed by atoms with Crippen LogP contribution in [0.4, 0.5) is 5.69 Å². The fourth-order valence-corrected chi connectivity index (χ4v) is 4.40. The number of Topliss-reactive ketones (excluding diaryl/α,β-unsaturated/α-hetero) is 1. The van der Waals surface area contributed by atoms with Gasteiger partial charge in [0.1, 0.15) is 11.8 Å². The Labute approximate surface area is 202 Å². The number of carbonyl (C=O) groups is 3. The Bertz CT molecular complexity index is 1220. The lowest BCUT2D eigenvalue weighted by molar-refractivity contribution is -0.135. The molecule has 1 heterocycles. The second-order valence-electron chi connectivity index (χ2n) is 8.01. The number of anilines is 1. The molecule has 1 fully saturated rings. The number of benzene rings is 3. The van der Waals surface area contributed by atoms with Gasteiger partial charge in [0, 0.05) is 5.69 Å². The predicted molar refractivity (Wildman–Crippen MR) is 129 cm³/mol. The topological polar surface area (TPSA) is 102 Å². The molecule has 0 saturated carbocycles. The molecule has 0 bridgehead atoms. The van der Waals surface area contributed by atoms with Gasteiger partial charge in [-0.3, -0.25) is 14.5 Å². The van der Waals surface area contributed by atoms with Crippen LogP contribution in [-0.4, -0.2) is 31.4 Å². The summed E-state index contributed by atoms with van der Waals surface area (Å²) in [6, 6.07) is 20.1. The molecule has 0 N–H and O–H groups in total. The molecule has 0 spiro atoms. The van der Waals surface area contributed by atoms with Crippen molar-refractivity contribution >= 4 is 23.3 Å². The minimum Gasteiger partial charge on any atom is -0.497 e. The van der Waals surface area contributed by atoms with Gasteiger partial charge in [-0.1, -0.05) is 47.6 Å². The Balaban J connectivity index is 1.78. The van der Waals surface area contributed by atoms with Gasteiger partial charge in [0.05, 0.1) is 31.2 Å². The van der Waals surface area contributed by atoms with Gasteiger partial charge in [-0.25, -0.2) is 4.79 Å². The molecule has 3 aromatic rings. The smallest absolute Gasteiger partial charge is 0.338 e. The maximum atomic E-state index is 13.3. The van der Waals surface area contributed by atoms with Gasteiger partial charge in [0.15, 0.2) is 0 Å². The largest absolute Gasteiger partial charge is 0.497 e. The number of ether oxygens (including phenoxy) is 2. The number of rotatable bonds is 8. The Morgan fingerprint density at radius 1 is 0.971 bits per heavy atom. The zero-order valence-electron chi connectivity index (χ0n) is 19.3. The van der Waals surface area contributed by atoms with Crippen molar-refractivity contribution in [3.8, 4) is 5.75 Å². The van der Waals surface area contributed by atoms with Crippen molar-refractivity contribution in [2.75, 3.05) is 18.6 Å². The van der Waals surface area contributed by atoms with Crippen LogP contribution in [0.5, 0.6) is 5.75 Å². The molecule has 1 aliphatic heterocycles. The van der Waals surface area contributed by atoms with Crippen LogP contribution in [0, 0.1) is 10.8 Å². The minimum atomic E-state index is -1.09. The highest BCUT2D eigenvalue weighted by Gasteiger charge is 2.53. The van der Waals surface area contributed by atoms with Gasteiger partial charge in [0.2, 0.25) is 5.78 Å². The van der Waals surface area contributed by atoms with E-state index in [9.17, 15) is 19.3 Å². The summed E-state index contributed by atoms with van der Waals surface area (Å²) < 4.78 is 10.2. The molecule has 3 atom stereocenters. The molecule has 3 aromatic carbocycles. The number of hydrogen-bond donors (Lipinski definition) is 0. The van der Waals surface area contributed by atoms with Crippen molar-refractivity contribution in [2.45, 2.75) is 19.0 Å². The Morgan fingerprint density at radius 2 is 1.63 bits per heavy atom. The Kier molecular flexibility index (Phi) is 7.01.